The van der Waals surface area contributed by atoms with Crippen LogP contribution in [-0.4, -0.2) is 23.1 Å². The number of aryl methyl sites for hydroxylation is 1. The number of carbonyl (C=O) groups is 2. The number of nitrogens with one attached hydrogen (secondary N) is 1. The van der Waals surface area contributed by atoms with Crippen LogP contribution in [0.3, 0.4) is 0 Å². The fraction of sp³-hybridized carbons (Fsp3) is 0.0833. The van der Waals surface area contributed by atoms with Crippen molar-refractivity contribution in [2.24, 2.45) is 0 Å². The molecule has 1 aromatic heterocycles. The molecule has 5 rings (SSSR count). The van der Waals surface area contributed by atoms with Crippen molar-refractivity contribution >= 4 is 23.6 Å². The maximum Gasteiger partial charge on any atom is 0.338 e. The predicted octanol–water partition coefficient (Wildman–Crippen LogP) is 7.84. The van der Waals surface area contributed by atoms with E-state index < -0.39 is 5.91 Å². The molecule has 0 aliphatic rings. The number of carbonyl (C=O) groups excluding carboxylic acids is 2. The van der Waals surface area contributed by atoms with E-state index in [9.17, 15) is 14.9 Å². The maximum atomic E-state index is 13.3. The van der Waals surface area contributed by atoms with Crippen LogP contribution >= 0.6 is 0 Å². The summed E-state index contributed by atoms with van der Waals surface area (Å²) in [4.78, 5) is 25.6. The number of hydrogen-bond donors (Lipinski definition) is 1. The lowest BCUT2D eigenvalue weighted by atomic mass is 10.0. The first-order chi connectivity index (χ1) is 20.5. The van der Waals surface area contributed by atoms with Crippen molar-refractivity contribution in [3.8, 4) is 34.3 Å². The van der Waals surface area contributed by atoms with E-state index in [1.165, 1.54) is 0 Å². The van der Waals surface area contributed by atoms with Gasteiger partial charge in [0, 0.05) is 16.9 Å². The van der Waals surface area contributed by atoms with Crippen molar-refractivity contribution in [1.82, 2.24) is 4.57 Å². The summed E-state index contributed by atoms with van der Waals surface area (Å²) in [5.41, 5.74) is 7.00. The minimum absolute atomic E-state index is 0.0233. The lowest BCUT2D eigenvalue weighted by Crippen LogP contribution is -2.14. The van der Waals surface area contributed by atoms with Crippen molar-refractivity contribution in [2.75, 3.05) is 11.9 Å². The van der Waals surface area contributed by atoms with Crippen LogP contribution in [0, 0.1) is 18.3 Å². The van der Waals surface area contributed by atoms with E-state index in [0.717, 1.165) is 33.8 Å². The first-order valence-corrected chi connectivity index (χ1v) is 13.6. The maximum absolute atomic E-state index is 13.3. The number of amides is 1. The molecular weight excluding hydrogens is 522 g/mol. The number of rotatable bonds is 8. The summed E-state index contributed by atoms with van der Waals surface area (Å²) in [5.74, 6) is -0.872. The predicted molar refractivity (Wildman–Crippen MR) is 166 cm³/mol. The zero-order valence-corrected chi connectivity index (χ0v) is 23.4. The van der Waals surface area contributed by atoms with Crippen LogP contribution in [0.1, 0.15) is 28.4 Å². The molecule has 42 heavy (non-hydrogen) atoms. The van der Waals surface area contributed by atoms with Gasteiger partial charge in [0.1, 0.15) is 11.6 Å². The molecule has 206 valence electrons. The molecule has 0 aliphatic carbocycles. The molecule has 0 bridgehead atoms. The smallest absolute Gasteiger partial charge is 0.338 e. The number of ether oxygens (including phenoxy) is 1. The van der Waals surface area contributed by atoms with Gasteiger partial charge in [-0.25, -0.2) is 4.79 Å². The van der Waals surface area contributed by atoms with Crippen LogP contribution < -0.4 is 5.32 Å². The average molecular weight is 552 g/mol. The molecular formula is C36H29N3O3. The molecule has 5 aromatic rings. The van der Waals surface area contributed by atoms with Gasteiger partial charge < -0.3 is 14.6 Å². The van der Waals surface area contributed by atoms with E-state index >= 15 is 0 Å². The topological polar surface area (TPSA) is 84.1 Å². The lowest BCUT2D eigenvalue weighted by molar-refractivity contribution is -0.112. The molecule has 1 N–H and O–H groups in total. The average Bonchev–Trinajstić information content (AvgIpc) is 3.41. The first kappa shape index (κ1) is 27.9. The van der Waals surface area contributed by atoms with Crippen molar-refractivity contribution in [3.05, 3.63) is 138 Å². The summed E-state index contributed by atoms with van der Waals surface area (Å²) >= 11 is 0. The second kappa shape index (κ2) is 12.7. The zero-order valence-electron chi connectivity index (χ0n) is 23.4. The van der Waals surface area contributed by atoms with Gasteiger partial charge >= 0.3 is 5.97 Å². The number of nitriles is 1. The second-order valence-corrected chi connectivity index (χ2v) is 9.61. The normalized spacial score (nSPS) is 11.0. The Kier molecular flexibility index (Phi) is 8.41. The third kappa shape index (κ3) is 5.91. The van der Waals surface area contributed by atoms with E-state index in [-0.39, 0.29) is 11.5 Å². The fourth-order valence-electron chi connectivity index (χ4n) is 4.79. The van der Waals surface area contributed by atoms with E-state index in [4.69, 9.17) is 4.74 Å². The Morgan fingerprint density at radius 2 is 1.48 bits per heavy atom. The summed E-state index contributed by atoms with van der Waals surface area (Å²) in [6.45, 7) is 3.97. The summed E-state index contributed by atoms with van der Waals surface area (Å²) in [7, 11) is 0. The highest BCUT2D eigenvalue weighted by atomic mass is 16.5. The van der Waals surface area contributed by atoms with Crippen LogP contribution in [0.5, 0.6) is 0 Å². The molecule has 1 amide bonds. The quantitative estimate of drug-likeness (QED) is 0.121. The molecule has 0 spiro atoms. The Hall–Kier alpha value is -5.67. The van der Waals surface area contributed by atoms with Gasteiger partial charge in [-0.2, -0.15) is 5.26 Å². The SMILES string of the molecule is CCOC(=O)c1ccc(-n2c(-c3ccccc3)cc(/C=C(\C#N)C(=O)Nc3ccccc3C)c2-c2ccccc2)cc1. The fourth-order valence-corrected chi connectivity index (χ4v) is 4.79. The molecule has 0 atom stereocenters. The van der Waals surface area contributed by atoms with Crippen LogP contribution in [0.2, 0.25) is 0 Å². The molecule has 0 aliphatic heterocycles. The summed E-state index contributed by atoms with van der Waals surface area (Å²) in [5, 5.41) is 12.9. The molecule has 0 unspecified atom stereocenters. The van der Waals surface area contributed by atoms with Crippen LogP contribution in [0.15, 0.2) is 121 Å². The largest absolute Gasteiger partial charge is 0.462 e. The third-order valence-corrected chi connectivity index (χ3v) is 6.84. The van der Waals surface area contributed by atoms with Gasteiger partial charge in [-0.1, -0.05) is 78.9 Å². The third-order valence-electron chi connectivity index (χ3n) is 6.84. The van der Waals surface area contributed by atoms with E-state index in [1.807, 2.05) is 110 Å². The van der Waals surface area contributed by atoms with Gasteiger partial charge in [-0.05, 0) is 73.0 Å². The number of esters is 1. The van der Waals surface area contributed by atoms with Gasteiger partial charge in [0.15, 0.2) is 0 Å². The van der Waals surface area contributed by atoms with Crippen molar-refractivity contribution < 1.29 is 14.3 Å². The first-order valence-electron chi connectivity index (χ1n) is 13.6. The Morgan fingerprint density at radius 3 is 2.10 bits per heavy atom. The van der Waals surface area contributed by atoms with Gasteiger partial charge in [-0.15, -0.1) is 0 Å². The standard InChI is InChI=1S/C36H29N3O3/c1-3-42-36(41)28-18-20-31(21-19-28)39-33(26-13-6-4-7-14-26)23-29(34(39)27-15-8-5-9-16-27)22-30(24-37)35(40)38-32-17-11-10-12-25(32)2/h4-23H,3H2,1-2H3,(H,38,40)/b30-22+. The number of benzene rings is 4. The van der Waals surface area contributed by atoms with Crippen LogP contribution in [-0.2, 0) is 9.53 Å². The Morgan fingerprint density at radius 1 is 0.857 bits per heavy atom. The minimum Gasteiger partial charge on any atom is -0.462 e. The van der Waals surface area contributed by atoms with Gasteiger partial charge in [0.2, 0.25) is 0 Å². The van der Waals surface area contributed by atoms with Crippen molar-refractivity contribution in [1.29, 1.82) is 5.26 Å². The highest BCUT2D eigenvalue weighted by molar-refractivity contribution is 6.10. The highest BCUT2D eigenvalue weighted by Gasteiger charge is 2.21. The number of para-hydroxylation sites is 1. The highest BCUT2D eigenvalue weighted by Crippen LogP contribution is 2.37. The summed E-state index contributed by atoms with van der Waals surface area (Å²) in [6.07, 6.45) is 1.63. The van der Waals surface area contributed by atoms with Gasteiger partial charge in [0.05, 0.1) is 23.6 Å². The van der Waals surface area contributed by atoms with Crippen LogP contribution in [0.4, 0.5) is 5.69 Å². The Bertz CT molecular complexity index is 1800. The lowest BCUT2D eigenvalue weighted by Gasteiger charge is -2.15. The molecule has 0 radical (unpaired) electrons. The Balaban J connectivity index is 1.71. The monoisotopic (exact) mass is 551 g/mol. The number of anilines is 1. The summed E-state index contributed by atoms with van der Waals surface area (Å²) in [6, 6.07) is 38.5. The molecule has 6 nitrogen and oxygen atoms in total. The molecule has 6 heteroatoms. The number of nitrogens with zero attached hydrogens (tertiary/aromatic N) is 2. The number of aromatic nitrogens is 1. The molecule has 0 fully saturated rings. The van der Waals surface area contributed by atoms with Gasteiger partial charge in [0.25, 0.3) is 5.91 Å². The van der Waals surface area contributed by atoms with E-state index in [1.54, 1.807) is 25.1 Å². The van der Waals surface area contributed by atoms with E-state index in [0.29, 0.717) is 23.4 Å². The molecule has 4 aromatic carbocycles. The van der Waals surface area contributed by atoms with Crippen molar-refractivity contribution in [3.63, 3.8) is 0 Å². The minimum atomic E-state index is -0.487. The molecule has 1 heterocycles. The molecule has 0 saturated carbocycles. The summed E-state index contributed by atoms with van der Waals surface area (Å²) < 4.78 is 7.25. The van der Waals surface area contributed by atoms with Crippen molar-refractivity contribution in [2.45, 2.75) is 13.8 Å². The second-order valence-electron chi connectivity index (χ2n) is 9.61. The van der Waals surface area contributed by atoms with Gasteiger partial charge in [-0.3, -0.25) is 4.79 Å². The number of hydrogen-bond acceptors (Lipinski definition) is 4. The van der Waals surface area contributed by atoms with E-state index in [2.05, 4.69) is 16.0 Å². The van der Waals surface area contributed by atoms with Crippen LogP contribution in [0.25, 0.3) is 34.3 Å². The Labute approximate surface area is 245 Å². The molecule has 0 saturated heterocycles. The zero-order chi connectivity index (χ0) is 29.5.